The Balaban J connectivity index is 1.53. The topological polar surface area (TPSA) is 74.4 Å². The maximum atomic E-state index is 9.71. The zero-order valence-corrected chi connectivity index (χ0v) is 13.0. The molecule has 0 radical (unpaired) electrons. The number of aromatic nitrogens is 2. The SMILES string of the molecule is CC(C)c1nnc(CN[C@@H]2CCC[C@@H]2N2CCC(O)C2)o1. The molecule has 1 aliphatic heterocycles. The van der Waals surface area contributed by atoms with Crippen LogP contribution in [0, 0.1) is 0 Å². The van der Waals surface area contributed by atoms with E-state index in [9.17, 15) is 5.11 Å². The molecule has 2 fully saturated rings. The van der Waals surface area contributed by atoms with Gasteiger partial charge in [-0.15, -0.1) is 10.2 Å². The van der Waals surface area contributed by atoms with Crippen LogP contribution in [0.15, 0.2) is 4.42 Å². The van der Waals surface area contributed by atoms with Gasteiger partial charge in [0.1, 0.15) is 0 Å². The van der Waals surface area contributed by atoms with Crippen molar-refractivity contribution in [3.05, 3.63) is 11.8 Å². The van der Waals surface area contributed by atoms with E-state index in [1.54, 1.807) is 0 Å². The van der Waals surface area contributed by atoms with Gasteiger partial charge in [-0.3, -0.25) is 4.90 Å². The molecular weight excluding hydrogens is 268 g/mol. The summed E-state index contributed by atoms with van der Waals surface area (Å²) >= 11 is 0. The van der Waals surface area contributed by atoms with E-state index in [1.165, 1.54) is 19.3 Å². The highest BCUT2D eigenvalue weighted by Crippen LogP contribution is 2.27. The van der Waals surface area contributed by atoms with Gasteiger partial charge in [0, 0.05) is 31.1 Å². The highest BCUT2D eigenvalue weighted by Gasteiger charge is 2.35. The minimum absolute atomic E-state index is 0.143. The summed E-state index contributed by atoms with van der Waals surface area (Å²) in [6.07, 6.45) is 4.41. The van der Waals surface area contributed by atoms with Gasteiger partial charge in [0.2, 0.25) is 11.8 Å². The summed E-state index contributed by atoms with van der Waals surface area (Å²) in [5.41, 5.74) is 0. The van der Waals surface area contributed by atoms with Crippen molar-refractivity contribution < 1.29 is 9.52 Å². The van der Waals surface area contributed by atoms with Gasteiger partial charge in [-0.1, -0.05) is 20.3 Å². The van der Waals surface area contributed by atoms with Crippen molar-refractivity contribution in [2.24, 2.45) is 0 Å². The van der Waals surface area contributed by atoms with Crippen LogP contribution in [0.3, 0.4) is 0 Å². The normalized spacial score (nSPS) is 30.6. The molecule has 0 aromatic carbocycles. The van der Waals surface area contributed by atoms with E-state index >= 15 is 0 Å². The van der Waals surface area contributed by atoms with E-state index in [4.69, 9.17) is 4.42 Å². The summed E-state index contributed by atoms with van der Waals surface area (Å²) < 4.78 is 5.64. The highest BCUT2D eigenvalue weighted by molar-refractivity contribution is 4.95. The zero-order chi connectivity index (χ0) is 14.8. The Hall–Kier alpha value is -0.980. The molecule has 3 atom stereocenters. The molecule has 1 saturated carbocycles. The summed E-state index contributed by atoms with van der Waals surface area (Å²) in [6, 6.07) is 0.999. The summed E-state index contributed by atoms with van der Waals surface area (Å²) in [7, 11) is 0. The number of aliphatic hydroxyl groups excluding tert-OH is 1. The summed E-state index contributed by atoms with van der Waals surface area (Å²) in [4.78, 5) is 2.43. The number of likely N-dealkylation sites (tertiary alicyclic amines) is 1. The van der Waals surface area contributed by atoms with Crippen molar-refractivity contribution in [1.29, 1.82) is 0 Å². The molecule has 1 saturated heterocycles. The Morgan fingerprint density at radius 2 is 2.19 bits per heavy atom. The molecule has 118 valence electrons. The van der Waals surface area contributed by atoms with E-state index in [-0.39, 0.29) is 12.0 Å². The molecule has 0 bridgehead atoms. The average Bonchev–Trinajstić information content (AvgIpc) is 3.15. The molecule has 2 N–H and O–H groups in total. The number of hydrogen-bond donors (Lipinski definition) is 2. The van der Waals surface area contributed by atoms with Crippen LogP contribution >= 0.6 is 0 Å². The Labute approximate surface area is 125 Å². The van der Waals surface area contributed by atoms with Crippen LogP contribution in [0.25, 0.3) is 0 Å². The van der Waals surface area contributed by atoms with Gasteiger partial charge in [-0.25, -0.2) is 0 Å². The molecule has 2 heterocycles. The Morgan fingerprint density at radius 3 is 2.86 bits per heavy atom. The molecule has 0 spiro atoms. The lowest BCUT2D eigenvalue weighted by Crippen LogP contribution is -2.46. The Morgan fingerprint density at radius 1 is 1.33 bits per heavy atom. The maximum absolute atomic E-state index is 9.71. The molecule has 1 aromatic heterocycles. The second-order valence-corrected chi connectivity index (χ2v) is 6.61. The second-order valence-electron chi connectivity index (χ2n) is 6.61. The first-order chi connectivity index (χ1) is 10.1. The lowest BCUT2D eigenvalue weighted by molar-refractivity contribution is 0.149. The average molecular weight is 294 g/mol. The first-order valence-corrected chi connectivity index (χ1v) is 8.11. The van der Waals surface area contributed by atoms with Gasteiger partial charge in [0.05, 0.1) is 12.6 Å². The summed E-state index contributed by atoms with van der Waals surface area (Å²) in [6.45, 7) is 6.58. The van der Waals surface area contributed by atoms with E-state index in [2.05, 4.69) is 34.3 Å². The monoisotopic (exact) mass is 294 g/mol. The van der Waals surface area contributed by atoms with Gasteiger partial charge in [-0.05, 0) is 19.3 Å². The predicted molar refractivity (Wildman–Crippen MR) is 78.9 cm³/mol. The fraction of sp³-hybridized carbons (Fsp3) is 0.867. The van der Waals surface area contributed by atoms with Gasteiger partial charge in [-0.2, -0.15) is 0 Å². The molecule has 21 heavy (non-hydrogen) atoms. The summed E-state index contributed by atoms with van der Waals surface area (Å²) in [5, 5.41) is 21.5. The number of rotatable bonds is 5. The third-order valence-electron chi connectivity index (χ3n) is 4.64. The molecule has 0 amide bonds. The third kappa shape index (κ3) is 3.44. The quantitative estimate of drug-likeness (QED) is 0.852. The van der Waals surface area contributed by atoms with E-state index < -0.39 is 0 Å². The van der Waals surface area contributed by atoms with Crippen LogP contribution in [0.4, 0.5) is 0 Å². The summed E-state index contributed by atoms with van der Waals surface area (Å²) in [5.74, 6) is 1.65. The molecule has 2 aliphatic rings. The van der Waals surface area contributed by atoms with Crippen molar-refractivity contribution >= 4 is 0 Å². The third-order valence-corrected chi connectivity index (χ3v) is 4.64. The van der Waals surface area contributed by atoms with Crippen LogP contribution in [-0.2, 0) is 6.54 Å². The minimum Gasteiger partial charge on any atom is -0.424 e. The molecule has 1 unspecified atom stereocenters. The first-order valence-electron chi connectivity index (χ1n) is 8.11. The Bertz CT molecular complexity index is 462. The van der Waals surface area contributed by atoms with E-state index in [0.717, 1.165) is 19.5 Å². The van der Waals surface area contributed by atoms with Crippen LogP contribution in [-0.4, -0.2) is 51.5 Å². The predicted octanol–water partition coefficient (Wildman–Crippen LogP) is 1.27. The molecular formula is C15H26N4O2. The highest BCUT2D eigenvalue weighted by atomic mass is 16.4. The van der Waals surface area contributed by atoms with Gasteiger partial charge < -0.3 is 14.8 Å². The zero-order valence-electron chi connectivity index (χ0n) is 13.0. The molecule has 1 aliphatic carbocycles. The van der Waals surface area contributed by atoms with Crippen molar-refractivity contribution in [3.8, 4) is 0 Å². The fourth-order valence-corrected chi connectivity index (χ4v) is 3.47. The largest absolute Gasteiger partial charge is 0.424 e. The van der Waals surface area contributed by atoms with Crippen LogP contribution in [0.2, 0.25) is 0 Å². The smallest absolute Gasteiger partial charge is 0.230 e. The number of β-amino-alcohol motifs (C(OH)–C–C–N with tert-alkyl or cyclic N) is 1. The van der Waals surface area contributed by atoms with Gasteiger partial charge in [0.25, 0.3) is 0 Å². The van der Waals surface area contributed by atoms with Crippen LogP contribution in [0.5, 0.6) is 0 Å². The van der Waals surface area contributed by atoms with Crippen molar-refractivity contribution in [1.82, 2.24) is 20.4 Å². The Kier molecular flexibility index (Phi) is 4.57. The van der Waals surface area contributed by atoms with E-state index in [1.807, 2.05) is 0 Å². The van der Waals surface area contributed by atoms with Crippen molar-refractivity contribution in [2.45, 2.75) is 70.2 Å². The number of nitrogens with zero attached hydrogens (tertiary/aromatic N) is 3. The maximum Gasteiger partial charge on any atom is 0.230 e. The molecule has 6 nitrogen and oxygen atoms in total. The van der Waals surface area contributed by atoms with Gasteiger partial charge in [0.15, 0.2) is 0 Å². The second kappa shape index (κ2) is 6.42. The minimum atomic E-state index is -0.143. The lowest BCUT2D eigenvalue weighted by Gasteiger charge is -2.29. The number of aliphatic hydroxyl groups is 1. The number of hydrogen-bond acceptors (Lipinski definition) is 6. The van der Waals surface area contributed by atoms with Crippen molar-refractivity contribution in [3.63, 3.8) is 0 Å². The molecule has 1 aromatic rings. The first kappa shape index (κ1) is 14.9. The van der Waals surface area contributed by atoms with E-state index in [0.29, 0.717) is 30.4 Å². The molecule has 6 heteroatoms. The van der Waals surface area contributed by atoms with Crippen LogP contribution in [0.1, 0.15) is 57.2 Å². The standard InChI is InChI=1S/C15H26N4O2/c1-10(2)15-18-17-14(21-15)8-16-12-4-3-5-13(12)19-7-6-11(20)9-19/h10-13,16,20H,3-9H2,1-2H3/t11?,12-,13+/m1/s1. The number of nitrogens with one attached hydrogen (secondary N) is 1. The van der Waals surface area contributed by atoms with Gasteiger partial charge >= 0.3 is 0 Å². The van der Waals surface area contributed by atoms with Crippen molar-refractivity contribution in [2.75, 3.05) is 13.1 Å². The lowest BCUT2D eigenvalue weighted by atomic mass is 10.1. The van der Waals surface area contributed by atoms with Crippen LogP contribution < -0.4 is 5.32 Å². The fourth-order valence-electron chi connectivity index (χ4n) is 3.47. The molecule has 3 rings (SSSR count).